The Morgan fingerprint density at radius 3 is 1.82 bits per heavy atom. The summed E-state index contributed by atoms with van der Waals surface area (Å²) in [4.78, 5) is 0. The van der Waals surface area contributed by atoms with Crippen LogP contribution >= 0.6 is 0 Å². The van der Waals surface area contributed by atoms with E-state index in [9.17, 15) is 4.39 Å². The van der Waals surface area contributed by atoms with Gasteiger partial charge in [0.2, 0.25) is 0 Å². The average molecular weight is 155 g/mol. The Balaban J connectivity index is 0.000000292. The third-order valence-electron chi connectivity index (χ3n) is 0.870. The predicted molar refractivity (Wildman–Crippen MR) is 46.8 cm³/mol. The second-order valence-corrected chi connectivity index (χ2v) is 2.26. The van der Waals surface area contributed by atoms with E-state index in [0.29, 0.717) is 5.69 Å². The molecule has 0 bridgehead atoms. The van der Waals surface area contributed by atoms with Crippen molar-refractivity contribution < 1.29 is 4.39 Å². The molecule has 0 heterocycles. The minimum atomic E-state index is -0.251. The Morgan fingerprint density at radius 2 is 1.55 bits per heavy atom. The predicted octanol–water partition coefficient (Wildman–Crippen LogP) is 2.82. The van der Waals surface area contributed by atoms with Crippen LogP contribution in [-0.2, 0) is 0 Å². The number of halogens is 1. The molecule has 0 aliphatic heterocycles. The number of anilines is 1. The molecule has 0 amide bonds. The summed E-state index contributed by atoms with van der Waals surface area (Å²) in [6.45, 7) is 4.25. The van der Waals surface area contributed by atoms with Crippen LogP contribution in [0.25, 0.3) is 0 Å². The van der Waals surface area contributed by atoms with Crippen LogP contribution in [0.15, 0.2) is 24.3 Å². The number of nitrogen functional groups attached to an aromatic ring is 1. The molecule has 0 spiro atoms. The first-order valence-electron chi connectivity index (χ1n) is 3.71. The van der Waals surface area contributed by atoms with Gasteiger partial charge in [-0.1, -0.05) is 20.3 Å². The molecule has 0 fully saturated rings. The molecule has 1 nitrogen and oxygen atoms in total. The van der Waals surface area contributed by atoms with Crippen molar-refractivity contribution in [3.05, 3.63) is 30.1 Å². The van der Waals surface area contributed by atoms with E-state index in [0.717, 1.165) is 0 Å². The number of hydrogen-bond donors (Lipinski definition) is 1. The summed E-state index contributed by atoms with van der Waals surface area (Å²) in [6, 6.07) is 5.70. The summed E-state index contributed by atoms with van der Waals surface area (Å²) in [7, 11) is 0. The number of nitrogens with two attached hydrogens (primary N) is 1. The number of benzene rings is 1. The fourth-order valence-electron chi connectivity index (χ4n) is 0.463. The van der Waals surface area contributed by atoms with Gasteiger partial charge < -0.3 is 5.73 Å². The Morgan fingerprint density at radius 1 is 1.18 bits per heavy atom. The van der Waals surface area contributed by atoms with Gasteiger partial charge in [-0.2, -0.15) is 0 Å². The Labute approximate surface area is 67.0 Å². The van der Waals surface area contributed by atoms with E-state index in [1.54, 1.807) is 0 Å². The quantitative estimate of drug-likeness (QED) is 0.573. The van der Waals surface area contributed by atoms with Crippen molar-refractivity contribution in [2.45, 2.75) is 20.3 Å². The summed E-state index contributed by atoms with van der Waals surface area (Å²) < 4.78 is 12.0. The molecule has 11 heavy (non-hydrogen) atoms. The molecule has 0 aliphatic rings. The molecular formula is C9H14FN. The topological polar surface area (TPSA) is 26.0 Å². The van der Waals surface area contributed by atoms with Crippen molar-refractivity contribution in [2.24, 2.45) is 0 Å². The standard InChI is InChI=1S/C6H6FN.C3H8/c7-5-1-3-6(8)4-2-5;1-3-2/h1-4H,8H2;3H2,1-2H3. The van der Waals surface area contributed by atoms with Gasteiger partial charge in [0.05, 0.1) is 0 Å². The molecule has 0 aromatic heterocycles. The van der Waals surface area contributed by atoms with E-state index in [1.165, 1.54) is 30.7 Å². The molecule has 2 heteroatoms. The molecule has 0 radical (unpaired) electrons. The van der Waals surface area contributed by atoms with Crippen LogP contribution in [0.3, 0.4) is 0 Å². The largest absolute Gasteiger partial charge is 0.399 e. The van der Waals surface area contributed by atoms with Gasteiger partial charge in [-0.25, -0.2) is 4.39 Å². The minimum Gasteiger partial charge on any atom is -0.399 e. The van der Waals surface area contributed by atoms with E-state index in [4.69, 9.17) is 5.73 Å². The van der Waals surface area contributed by atoms with Gasteiger partial charge in [0, 0.05) is 5.69 Å². The molecule has 0 unspecified atom stereocenters. The molecule has 1 aromatic carbocycles. The molecule has 1 aromatic rings. The molecule has 1 rings (SSSR count). The normalized spacial score (nSPS) is 8.27. The van der Waals surface area contributed by atoms with Crippen LogP contribution in [0.4, 0.5) is 10.1 Å². The molecule has 0 aliphatic carbocycles. The van der Waals surface area contributed by atoms with Crippen LogP contribution in [0.2, 0.25) is 0 Å². The molecule has 0 saturated heterocycles. The van der Waals surface area contributed by atoms with Crippen LogP contribution in [-0.4, -0.2) is 0 Å². The maximum atomic E-state index is 12.0. The third-order valence-corrected chi connectivity index (χ3v) is 0.870. The fourth-order valence-corrected chi connectivity index (χ4v) is 0.463. The monoisotopic (exact) mass is 155 g/mol. The SMILES string of the molecule is CCC.Nc1ccc(F)cc1. The first kappa shape index (κ1) is 9.95. The summed E-state index contributed by atoms with van der Waals surface area (Å²) in [6.07, 6.45) is 1.25. The average Bonchev–Trinajstić information content (AvgIpc) is 1.97. The lowest BCUT2D eigenvalue weighted by atomic mass is 10.3. The van der Waals surface area contributed by atoms with Crippen LogP contribution < -0.4 is 5.73 Å². The van der Waals surface area contributed by atoms with Crippen molar-refractivity contribution in [2.75, 3.05) is 5.73 Å². The second-order valence-electron chi connectivity index (χ2n) is 2.26. The van der Waals surface area contributed by atoms with Gasteiger partial charge in [0.1, 0.15) is 5.82 Å². The van der Waals surface area contributed by atoms with Crippen LogP contribution in [0.1, 0.15) is 20.3 Å². The summed E-state index contributed by atoms with van der Waals surface area (Å²) in [5.74, 6) is -0.251. The number of rotatable bonds is 0. The molecular weight excluding hydrogens is 141 g/mol. The van der Waals surface area contributed by atoms with Crippen molar-refractivity contribution in [3.8, 4) is 0 Å². The number of hydrogen-bond acceptors (Lipinski definition) is 1. The van der Waals surface area contributed by atoms with E-state index in [1.807, 2.05) is 0 Å². The second kappa shape index (κ2) is 5.71. The molecule has 0 atom stereocenters. The molecule has 2 N–H and O–H groups in total. The van der Waals surface area contributed by atoms with Gasteiger partial charge in [-0.15, -0.1) is 0 Å². The fraction of sp³-hybridized carbons (Fsp3) is 0.333. The van der Waals surface area contributed by atoms with Crippen molar-refractivity contribution >= 4 is 5.69 Å². The molecule has 62 valence electrons. The van der Waals surface area contributed by atoms with E-state index >= 15 is 0 Å². The van der Waals surface area contributed by atoms with E-state index in [2.05, 4.69) is 13.8 Å². The Kier molecular flexibility index (Phi) is 5.17. The van der Waals surface area contributed by atoms with E-state index in [-0.39, 0.29) is 5.82 Å². The maximum Gasteiger partial charge on any atom is 0.123 e. The van der Waals surface area contributed by atoms with Gasteiger partial charge in [0.15, 0.2) is 0 Å². The van der Waals surface area contributed by atoms with Gasteiger partial charge in [-0.3, -0.25) is 0 Å². The molecule has 0 saturated carbocycles. The zero-order valence-electron chi connectivity index (χ0n) is 6.97. The zero-order valence-corrected chi connectivity index (χ0v) is 6.97. The first-order chi connectivity index (χ1) is 5.20. The minimum absolute atomic E-state index is 0.251. The lowest BCUT2D eigenvalue weighted by Gasteiger charge is -1.87. The summed E-state index contributed by atoms with van der Waals surface area (Å²) in [5, 5.41) is 0. The lowest BCUT2D eigenvalue weighted by Crippen LogP contribution is -1.82. The Hall–Kier alpha value is -1.05. The maximum absolute atomic E-state index is 12.0. The highest BCUT2D eigenvalue weighted by atomic mass is 19.1. The third kappa shape index (κ3) is 5.40. The van der Waals surface area contributed by atoms with Crippen molar-refractivity contribution in [1.29, 1.82) is 0 Å². The zero-order chi connectivity index (χ0) is 8.69. The Bertz CT molecular complexity index is 160. The summed E-state index contributed by atoms with van der Waals surface area (Å²) >= 11 is 0. The highest BCUT2D eigenvalue weighted by molar-refractivity contribution is 5.36. The van der Waals surface area contributed by atoms with Gasteiger partial charge in [0.25, 0.3) is 0 Å². The van der Waals surface area contributed by atoms with Crippen molar-refractivity contribution in [3.63, 3.8) is 0 Å². The lowest BCUT2D eigenvalue weighted by molar-refractivity contribution is 0.628. The van der Waals surface area contributed by atoms with Gasteiger partial charge >= 0.3 is 0 Å². The highest BCUT2D eigenvalue weighted by Crippen LogP contribution is 2.01. The first-order valence-corrected chi connectivity index (χ1v) is 3.71. The van der Waals surface area contributed by atoms with Gasteiger partial charge in [-0.05, 0) is 24.3 Å². The van der Waals surface area contributed by atoms with E-state index < -0.39 is 0 Å². The van der Waals surface area contributed by atoms with Crippen LogP contribution in [0.5, 0.6) is 0 Å². The summed E-state index contributed by atoms with van der Waals surface area (Å²) in [5.41, 5.74) is 5.85. The smallest absolute Gasteiger partial charge is 0.123 e. The highest BCUT2D eigenvalue weighted by Gasteiger charge is 1.83. The van der Waals surface area contributed by atoms with Crippen molar-refractivity contribution in [1.82, 2.24) is 0 Å². The van der Waals surface area contributed by atoms with Crippen LogP contribution in [0, 0.1) is 5.82 Å².